The number of anilines is 1. The summed E-state index contributed by atoms with van der Waals surface area (Å²) in [5, 5.41) is 12.1. The van der Waals surface area contributed by atoms with Crippen LogP contribution in [0.4, 0.5) is 5.69 Å². The fourth-order valence-corrected chi connectivity index (χ4v) is 1.58. The van der Waals surface area contributed by atoms with E-state index in [1.807, 2.05) is 26.0 Å². The monoisotopic (exact) mass is 236 g/mol. The molecular formula is C13H20N2O2. The minimum Gasteiger partial charge on any atom is -0.398 e. The highest BCUT2D eigenvalue weighted by Gasteiger charge is 2.25. The molecule has 94 valence electrons. The predicted molar refractivity (Wildman–Crippen MR) is 68.8 cm³/mol. The second-order valence-corrected chi connectivity index (χ2v) is 4.57. The number of nitrogen functional groups attached to an aromatic ring is 1. The van der Waals surface area contributed by atoms with Gasteiger partial charge in [0.05, 0.1) is 17.7 Å². The van der Waals surface area contributed by atoms with Gasteiger partial charge in [0, 0.05) is 5.69 Å². The molecule has 1 aromatic carbocycles. The van der Waals surface area contributed by atoms with Crippen molar-refractivity contribution in [1.29, 1.82) is 0 Å². The van der Waals surface area contributed by atoms with Gasteiger partial charge in [0.1, 0.15) is 0 Å². The number of hydrogen-bond donors (Lipinski definition) is 3. The predicted octanol–water partition coefficient (Wildman–Crippen LogP) is 1.47. The molecule has 0 heterocycles. The topological polar surface area (TPSA) is 75.3 Å². The molecule has 0 spiro atoms. The van der Waals surface area contributed by atoms with E-state index in [-0.39, 0.29) is 12.5 Å². The quantitative estimate of drug-likeness (QED) is 0.693. The average molecular weight is 236 g/mol. The number of aryl methyl sites for hydroxylation is 1. The van der Waals surface area contributed by atoms with Gasteiger partial charge in [0.25, 0.3) is 5.91 Å². The molecule has 0 bridgehead atoms. The summed E-state index contributed by atoms with van der Waals surface area (Å²) in [5.74, 6) is -0.237. The number of carbonyl (C=O) groups excluding carboxylic acids is 1. The van der Waals surface area contributed by atoms with Crippen molar-refractivity contribution in [3.63, 3.8) is 0 Å². The Hall–Kier alpha value is -1.55. The lowest BCUT2D eigenvalue weighted by atomic mass is 9.98. The van der Waals surface area contributed by atoms with E-state index in [0.717, 1.165) is 5.56 Å². The van der Waals surface area contributed by atoms with E-state index in [0.29, 0.717) is 17.7 Å². The summed E-state index contributed by atoms with van der Waals surface area (Å²) in [4.78, 5) is 12.1. The summed E-state index contributed by atoms with van der Waals surface area (Å²) in [7, 11) is 0. The fourth-order valence-electron chi connectivity index (χ4n) is 1.58. The van der Waals surface area contributed by atoms with Gasteiger partial charge in [-0.15, -0.1) is 0 Å². The molecule has 0 aliphatic carbocycles. The zero-order valence-electron chi connectivity index (χ0n) is 10.6. The van der Waals surface area contributed by atoms with Gasteiger partial charge < -0.3 is 16.2 Å². The van der Waals surface area contributed by atoms with Crippen LogP contribution in [0, 0.1) is 6.92 Å². The van der Waals surface area contributed by atoms with Crippen LogP contribution in [0.15, 0.2) is 18.2 Å². The number of aliphatic hydroxyl groups is 1. The average Bonchev–Trinajstić information content (AvgIpc) is 2.28. The van der Waals surface area contributed by atoms with Crippen LogP contribution in [-0.2, 0) is 0 Å². The first-order valence-electron chi connectivity index (χ1n) is 5.72. The molecule has 1 rings (SSSR count). The number of nitrogens with one attached hydrogen (secondary N) is 1. The number of carbonyl (C=O) groups is 1. The Balaban J connectivity index is 2.98. The molecule has 0 saturated heterocycles. The number of benzene rings is 1. The van der Waals surface area contributed by atoms with Gasteiger partial charge in [-0.1, -0.05) is 19.1 Å². The molecule has 0 aromatic heterocycles. The molecule has 0 radical (unpaired) electrons. The standard InChI is InChI=1S/C13H20N2O2/c1-4-13(3,8-16)15-12(17)11-9(2)6-5-7-10(11)14/h5-7,16H,4,8,14H2,1-3H3,(H,15,17). The second-order valence-electron chi connectivity index (χ2n) is 4.57. The molecule has 0 aliphatic heterocycles. The van der Waals surface area contributed by atoms with Gasteiger partial charge in [0.2, 0.25) is 0 Å². The first-order valence-corrected chi connectivity index (χ1v) is 5.72. The van der Waals surface area contributed by atoms with Crippen molar-refractivity contribution in [2.45, 2.75) is 32.7 Å². The molecule has 0 fully saturated rings. The molecule has 1 atom stereocenters. The van der Waals surface area contributed by atoms with E-state index in [4.69, 9.17) is 5.73 Å². The number of rotatable bonds is 4. The van der Waals surface area contributed by atoms with Crippen molar-refractivity contribution in [1.82, 2.24) is 5.32 Å². The van der Waals surface area contributed by atoms with E-state index in [1.165, 1.54) is 0 Å². The van der Waals surface area contributed by atoms with Gasteiger partial charge in [-0.2, -0.15) is 0 Å². The normalized spacial score (nSPS) is 14.1. The third-order valence-electron chi connectivity index (χ3n) is 3.08. The Morgan fingerprint density at radius 3 is 2.65 bits per heavy atom. The summed E-state index contributed by atoms with van der Waals surface area (Å²) in [6.07, 6.45) is 0.654. The largest absolute Gasteiger partial charge is 0.398 e. The van der Waals surface area contributed by atoms with Gasteiger partial charge in [-0.05, 0) is 31.9 Å². The molecule has 4 nitrogen and oxygen atoms in total. The first-order chi connectivity index (χ1) is 7.93. The zero-order valence-corrected chi connectivity index (χ0v) is 10.6. The molecule has 17 heavy (non-hydrogen) atoms. The van der Waals surface area contributed by atoms with Crippen LogP contribution in [0.25, 0.3) is 0 Å². The summed E-state index contributed by atoms with van der Waals surface area (Å²) in [6, 6.07) is 5.35. The minimum atomic E-state index is -0.605. The van der Waals surface area contributed by atoms with Crippen molar-refractivity contribution in [3.05, 3.63) is 29.3 Å². The molecule has 0 saturated carbocycles. The maximum atomic E-state index is 12.1. The van der Waals surface area contributed by atoms with Crippen LogP contribution in [0.5, 0.6) is 0 Å². The molecular weight excluding hydrogens is 216 g/mol. The van der Waals surface area contributed by atoms with Crippen LogP contribution < -0.4 is 11.1 Å². The molecule has 4 N–H and O–H groups in total. The Morgan fingerprint density at radius 2 is 2.18 bits per heavy atom. The van der Waals surface area contributed by atoms with Gasteiger partial charge in [-0.25, -0.2) is 0 Å². The second kappa shape index (κ2) is 5.19. The lowest BCUT2D eigenvalue weighted by Gasteiger charge is -2.27. The highest BCUT2D eigenvalue weighted by molar-refractivity contribution is 6.00. The van der Waals surface area contributed by atoms with Crippen molar-refractivity contribution in [2.75, 3.05) is 12.3 Å². The Kier molecular flexibility index (Phi) is 4.12. The Morgan fingerprint density at radius 1 is 1.53 bits per heavy atom. The maximum Gasteiger partial charge on any atom is 0.254 e. The Labute approximate surface area is 102 Å². The molecule has 4 heteroatoms. The molecule has 0 aliphatic rings. The van der Waals surface area contributed by atoms with Crippen LogP contribution in [0.3, 0.4) is 0 Å². The van der Waals surface area contributed by atoms with Crippen LogP contribution in [0.1, 0.15) is 36.2 Å². The number of nitrogens with two attached hydrogens (primary N) is 1. The third-order valence-corrected chi connectivity index (χ3v) is 3.08. The summed E-state index contributed by atoms with van der Waals surface area (Å²) in [5.41, 5.74) is 6.97. The highest BCUT2D eigenvalue weighted by atomic mass is 16.3. The fraction of sp³-hybridized carbons (Fsp3) is 0.462. The maximum absolute atomic E-state index is 12.1. The number of amides is 1. The molecule has 1 aromatic rings. The van der Waals surface area contributed by atoms with Crippen molar-refractivity contribution in [3.8, 4) is 0 Å². The van der Waals surface area contributed by atoms with Crippen LogP contribution >= 0.6 is 0 Å². The smallest absolute Gasteiger partial charge is 0.254 e. The van der Waals surface area contributed by atoms with Crippen molar-refractivity contribution < 1.29 is 9.90 Å². The van der Waals surface area contributed by atoms with Gasteiger partial charge in [-0.3, -0.25) is 4.79 Å². The number of hydrogen-bond acceptors (Lipinski definition) is 3. The van der Waals surface area contributed by atoms with E-state index in [2.05, 4.69) is 5.32 Å². The summed E-state index contributed by atoms with van der Waals surface area (Å²) in [6.45, 7) is 5.46. The summed E-state index contributed by atoms with van der Waals surface area (Å²) >= 11 is 0. The van der Waals surface area contributed by atoms with Crippen LogP contribution in [0.2, 0.25) is 0 Å². The van der Waals surface area contributed by atoms with Crippen molar-refractivity contribution in [2.24, 2.45) is 0 Å². The number of aliphatic hydroxyl groups excluding tert-OH is 1. The Bertz CT molecular complexity index is 392. The van der Waals surface area contributed by atoms with E-state index < -0.39 is 5.54 Å². The molecule has 1 amide bonds. The van der Waals surface area contributed by atoms with E-state index in [1.54, 1.807) is 13.0 Å². The van der Waals surface area contributed by atoms with Gasteiger partial charge in [0.15, 0.2) is 0 Å². The lowest BCUT2D eigenvalue weighted by Crippen LogP contribution is -2.48. The molecule has 1 unspecified atom stereocenters. The van der Waals surface area contributed by atoms with E-state index in [9.17, 15) is 9.90 Å². The van der Waals surface area contributed by atoms with E-state index >= 15 is 0 Å². The minimum absolute atomic E-state index is 0.0962. The SMILES string of the molecule is CCC(C)(CO)NC(=O)c1c(C)cccc1N. The van der Waals surface area contributed by atoms with Gasteiger partial charge >= 0.3 is 0 Å². The first kappa shape index (κ1) is 13.5. The lowest BCUT2D eigenvalue weighted by molar-refractivity contribution is 0.0847. The summed E-state index contributed by atoms with van der Waals surface area (Å²) < 4.78 is 0. The third kappa shape index (κ3) is 2.97. The zero-order chi connectivity index (χ0) is 13.1. The van der Waals surface area contributed by atoms with Crippen molar-refractivity contribution >= 4 is 11.6 Å². The van der Waals surface area contributed by atoms with Crippen LogP contribution in [-0.4, -0.2) is 23.2 Å². The highest BCUT2D eigenvalue weighted by Crippen LogP contribution is 2.18.